The van der Waals surface area contributed by atoms with Crippen LogP contribution in [0.2, 0.25) is 0 Å². The van der Waals surface area contributed by atoms with Gasteiger partial charge in [0.05, 0.1) is 5.69 Å². The zero-order valence-corrected chi connectivity index (χ0v) is 16.2. The van der Waals surface area contributed by atoms with E-state index in [2.05, 4.69) is 21.8 Å². The molecule has 0 atom stereocenters. The molecule has 0 spiro atoms. The van der Waals surface area contributed by atoms with Gasteiger partial charge in [-0.25, -0.2) is 9.37 Å². The predicted molar refractivity (Wildman–Crippen MR) is 106 cm³/mol. The SMILES string of the molecule is Cc1cnc(COc2cc(C)n(-c3cc(C#CC=O)ncc3C)c(=O)c2)c(F)c1. The van der Waals surface area contributed by atoms with E-state index >= 15 is 0 Å². The highest BCUT2D eigenvalue weighted by atomic mass is 19.1. The van der Waals surface area contributed by atoms with Crippen molar-refractivity contribution in [1.29, 1.82) is 0 Å². The van der Waals surface area contributed by atoms with Gasteiger partial charge >= 0.3 is 0 Å². The van der Waals surface area contributed by atoms with Crippen molar-refractivity contribution in [2.75, 3.05) is 0 Å². The maximum absolute atomic E-state index is 13.9. The molecule has 0 aliphatic rings. The van der Waals surface area contributed by atoms with Crippen LogP contribution in [0.5, 0.6) is 5.75 Å². The smallest absolute Gasteiger partial charge is 0.259 e. The van der Waals surface area contributed by atoms with Gasteiger partial charge in [-0.3, -0.25) is 19.1 Å². The lowest BCUT2D eigenvalue weighted by Gasteiger charge is -2.14. The van der Waals surface area contributed by atoms with Crippen molar-refractivity contribution < 1.29 is 13.9 Å². The molecule has 0 aromatic carbocycles. The maximum Gasteiger partial charge on any atom is 0.259 e. The van der Waals surface area contributed by atoms with Gasteiger partial charge in [0, 0.05) is 30.2 Å². The summed E-state index contributed by atoms with van der Waals surface area (Å²) in [6.45, 7) is 5.24. The van der Waals surface area contributed by atoms with Crippen LogP contribution in [-0.2, 0) is 11.4 Å². The number of pyridine rings is 3. The molecular formula is C22H18FN3O3. The Balaban J connectivity index is 1.92. The van der Waals surface area contributed by atoms with Crippen LogP contribution in [0, 0.1) is 38.4 Å². The summed E-state index contributed by atoms with van der Waals surface area (Å²) in [5.41, 5.74) is 2.94. The second-order valence-corrected chi connectivity index (χ2v) is 6.48. The molecule has 3 heterocycles. The molecule has 0 aliphatic heterocycles. The Morgan fingerprint density at radius 3 is 2.62 bits per heavy atom. The van der Waals surface area contributed by atoms with Crippen molar-refractivity contribution in [3.8, 4) is 23.3 Å². The highest BCUT2D eigenvalue weighted by Gasteiger charge is 2.11. The number of aldehydes is 1. The summed E-state index contributed by atoms with van der Waals surface area (Å²) in [5.74, 6) is 4.79. The van der Waals surface area contributed by atoms with Gasteiger partial charge in [-0.15, -0.1) is 0 Å². The zero-order valence-electron chi connectivity index (χ0n) is 16.2. The quantitative estimate of drug-likeness (QED) is 0.505. The fourth-order valence-electron chi connectivity index (χ4n) is 2.81. The molecule has 0 bridgehead atoms. The highest BCUT2D eigenvalue weighted by molar-refractivity contribution is 5.73. The van der Waals surface area contributed by atoms with Crippen molar-refractivity contribution >= 4 is 6.29 Å². The van der Waals surface area contributed by atoms with E-state index in [1.54, 1.807) is 38.4 Å². The number of ether oxygens (including phenoxy) is 1. The third-order valence-electron chi connectivity index (χ3n) is 4.19. The van der Waals surface area contributed by atoms with Crippen LogP contribution < -0.4 is 10.3 Å². The normalized spacial score (nSPS) is 10.2. The molecule has 3 aromatic rings. The summed E-state index contributed by atoms with van der Waals surface area (Å²) in [6, 6.07) is 6.04. The van der Waals surface area contributed by atoms with Gasteiger partial charge in [-0.1, -0.05) is 0 Å². The molecule has 0 radical (unpaired) electrons. The first kappa shape index (κ1) is 20.0. The molecule has 0 N–H and O–H groups in total. The molecular weight excluding hydrogens is 373 g/mol. The number of hydrogen-bond donors (Lipinski definition) is 0. The highest BCUT2D eigenvalue weighted by Crippen LogP contribution is 2.19. The lowest BCUT2D eigenvalue weighted by molar-refractivity contribution is -0.103. The maximum atomic E-state index is 13.9. The van der Waals surface area contributed by atoms with Crippen LogP contribution in [0.1, 0.15) is 28.2 Å². The number of nitrogens with zero attached hydrogens (tertiary/aromatic N) is 3. The molecule has 146 valence electrons. The summed E-state index contributed by atoms with van der Waals surface area (Å²) >= 11 is 0. The Morgan fingerprint density at radius 2 is 1.93 bits per heavy atom. The Bertz CT molecular complexity index is 1210. The van der Waals surface area contributed by atoms with E-state index in [1.807, 2.05) is 6.92 Å². The van der Waals surface area contributed by atoms with E-state index < -0.39 is 5.82 Å². The minimum absolute atomic E-state index is 0.0886. The minimum Gasteiger partial charge on any atom is -0.487 e. The van der Waals surface area contributed by atoms with Gasteiger partial charge in [-0.05, 0) is 55.9 Å². The summed E-state index contributed by atoms with van der Waals surface area (Å²) in [5, 5.41) is 0. The number of rotatable bonds is 4. The first-order valence-corrected chi connectivity index (χ1v) is 8.79. The fraction of sp³-hybridized carbons (Fsp3) is 0.182. The molecule has 0 unspecified atom stereocenters. The standard InChI is InChI=1S/C22H18FN3O3/c1-14-7-19(23)20(25-11-14)13-29-18-8-16(3)26(22(28)10-18)21-9-17(5-4-6-27)24-12-15(21)2/h6-12H,13H2,1-3H3. The fourth-order valence-corrected chi connectivity index (χ4v) is 2.81. The van der Waals surface area contributed by atoms with E-state index in [4.69, 9.17) is 4.74 Å². The van der Waals surface area contributed by atoms with Crippen LogP contribution in [0.4, 0.5) is 4.39 Å². The van der Waals surface area contributed by atoms with E-state index in [-0.39, 0.29) is 17.9 Å². The van der Waals surface area contributed by atoms with Crippen molar-refractivity contribution in [1.82, 2.24) is 14.5 Å². The van der Waals surface area contributed by atoms with Crippen LogP contribution in [0.25, 0.3) is 5.69 Å². The molecule has 0 saturated heterocycles. The van der Waals surface area contributed by atoms with Crippen molar-refractivity contribution in [2.45, 2.75) is 27.4 Å². The van der Waals surface area contributed by atoms with Gasteiger partial charge in [0.2, 0.25) is 0 Å². The monoisotopic (exact) mass is 391 g/mol. The van der Waals surface area contributed by atoms with Crippen LogP contribution in [-0.4, -0.2) is 20.8 Å². The molecule has 3 rings (SSSR count). The lowest BCUT2D eigenvalue weighted by atomic mass is 10.2. The van der Waals surface area contributed by atoms with Crippen molar-refractivity contribution in [2.24, 2.45) is 0 Å². The van der Waals surface area contributed by atoms with Crippen molar-refractivity contribution in [3.05, 3.63) is 81.0 Å². The van der Waals surface area contributed by atoms with Gasteiger partial charge in [0.25, 0.3) is 5.56 Å². The first-order chi connectivity index (χ1) is 13.9. The number of aryl methyl sites for hydroxylation is 3. The zero-order chi connectivity index (χ0) is 21.0. The van der Waals surface area contributed by atoms with Gasteiger partial charge in [0.15, 0.2) is 6.29 Å². The molecule has 29 heavy (non-hydrogen) atoms. The Labute approximate surface area is 167 Å². The summed E-state index contributed by atoms with van der Waals surface area (Å²) in [4.78, 5) is 31.4. The van der Waals surface area contributed by atoms with E-state index in [9.17, 15) is 14.0 Å². The molecule has 0 fully saturated rings. The number of aromatic nitrogens is 3. The van der Waals surface area contributed by atoms with Gasteiger partial charge < -0.3 is 4.74 Å². The predicted octanol–water partition coefficient (Wildman–Crippen LogP) is 2.82. The Morgan fingerprint density at radius 1 is 1.14 bits per heavy atom. The van der Waals surface area contributed by atoms with Gasteiger partial charge in [0.1, 0.15) is 29.6 Å². The topological polar surface area (TPSA) is 74.1 Å². The summed E-state index contributed by atoms with van der Waals surface area (Å²) in [7, 11) is 0. The largest absolute Gasteiger partial charge is 0.487 e. The first-order valence-electron chi connectivity index (χ1n) is 8.79. The Hall–Kier alpha value is -3.79. The van der Waals surface area contributed by atoms with Crippen molar-refractivity contribution in [3.63, 3.8) is 0 Å². The summed E-state index contributed by atoms with van der Waals surface area (Å²) in [6.07, 6.45) is 3.63. The van der Waals surface area contributed by atoms with E-state index in [0.717, 1.165) is 11.1 Å². The van der Waals surface area contributed by atoms with Gasteiger partial charge in [-0.2, -0.15) is 0 Å². The van der Waals surface area contributed by atoms with Crippen LogP contribution in [0.15, 0.2) is 41.5 Å². The summed E-state index contributed by atoms with van der Waals surface area (Å²) < 4.78 is 21.0. The average molecular weight is 391 g/mol. The molecule has 0 aliphatic carbocycles. The third-order valence-corrected chi connectivity index (χ3v) is 4.19. The number of hydrogen-bond acceptors (Lipinski definition) is 5. The number of carbonyl (C=O) groups excluding carboxylic acids is 1. The van der Waals surface area contributed by atoms with Crippen LogP contribution in [0.3, 0.4) is 0 Å². The third kappa shape index (κ3) is 4.55. The second kappa shape index (κ2) is 8.48. The number of halogens is 1. The number of carbonyl (C=O) groups is 1. The van der Waals surface area contributed by atoms with E-state index in [0.29, 0.717) is 29.1 Å². The average Bonchev–Trinajstić information content (AvgIpc) is 2.67. The van der Waals surface area contributed by atoms with Crippen LogP contribution >= 0.6 is 0 Å². The molecule has 0 amide bonds. The molecule has 3 aromatic heterocycles. The molecule has 6 nitrogen and oxygen atoms in total. The molecule has 0 saturated carbocycles. The lowest BCUT2D eigenvalue weighted by Crippen LogP contribution is -2.21. The minimum atomic E-state index is -0.452. The second-order valence-electron chi connectivity index (χ2n) is 6.48. The Kier molecular flexibility index (Phi) is 5.84. The molecule has 7 heteroatoms. The van der Waals surface area contributed by atoms with E-state index in [1.165, 1.54) is 16.7 Å².